The zero-order valence-corrected chi connectivity index (χ0v) is 17.3. The third-order valence-corrected chi connectivity index (χ3v) is 4.78. The Labute approximate surface area is 174 Å². The molecule has 1 N–H and O–H groups in total. The number of nitrogens with one attached hydrogen (secondary N) is 1. The van der Waals surface area contributed by atoms with Crippen LogP contribution in [-0.2, 0) is 22.7 Å². The van der Waals surface area contributed by atoms with E-state index in [0.29, 0.717) is 12.2 Å². The molecule has 30 heavy (non-hydrogen) atoms. The number of hydrogen-bond donors (Lipinski definition) is 1. The van der Waals surface area contributed by atoms with Crippen molar-refractivity contribution in [3.63, 3.8) is 0 Å². The van der Waals surface area contributed by atoms with E-state index in [9.17, 15) is 4.79 Å². The van der Waals surface area contributed by atoms with Gasteiger partial charge in [-0.25, -0.2) is 9.78 Å². The van der Waals surface area contributed by atoms with Gasteiger partial charge in [0, 0.05) is 29.5 Å². The van der Waals surface area contributed by atoms with Crippen LogP contribution < -0.4 is 4.74 Å². The van der Waals surface area contributed by atoms with Gasteiger partial charge in [-0.3, -0.25) is 0 Å². The molecule has 2 aromatic carbocycles. The third-order valence-electron chi connectivity index (χ3n) is 4.78. The summed E-state index contributed by atoms with van der Waals surface area (Å²) in [6.07, 6.45) is 1.44. The summed E-state index contributed by atoms with van der Waals surface area (Å²) in [4.78, 5) is 20.3. The van der Waals surface area contributed by atoms with Gasteiger partial charge >= 0.3 is 5.97 Å². The van der Waals surface area contributed by atoms with Crippen LogP contribution in [0.15, 0.2) is 54.7 Å². The predicted molar refractivity (Wildman–Crippen MR) is 116 cm³/mol. The molecule has 0 aliphatic heterocycles. The van der Waals surface area contributed by atoms with Gasteiger partial charge in [-0.15, -0.1) is 0 Å². The highest BCUT2D eigenvalue weighted by atomic mass is 16.5. The minimum atomic E-state index is -0.448. The molecule has 0 saturated carbocycles. The van der Waals surface area contributed by atoms with Crippen molar-refractivity contribution in [1.82, 2.24) is 9.97 Å². The molecule has 2 aromatic heterocycles. The number of esters is 1. The summed E-state index contributed by atoms with van der Waals surface area (Å²) >= 11 is 0. The summed E-state index contributed by atoms with van der Waals surface area (Å²) in [6.45, 7) is 4.38. The number of carbonyl (C=O) groups is 1. The van der Waals surface area contributed by atoms with Gasteiger partial charge in [0.05, 0.1) is 29.9 Å². The number of benzene rings is 2. The van der Waals surface area contributed by atoms with Crippen molar-refractivity contribution in [2.24, 2.45) is 0 Å². The van der Waals surface area contributed by atoms with Gasteiger partial charge in [0.15, 0.2) is 5.69 Å². The fraction of sp³-hybridized carbons (Fsp3) is 0.250. The van der Waals surface area contributed by atoms with E-state index < -0.39 is 5.97 Å². The van der Waals surface area contributed by atoms with Gasteiger partial charge in [0.1, 0.15) is 12.4 Å². The molecule has 6 heteroatoms. The van der Waals surface area contributed by atoms with Crippen LogP contribution in [-0.4, -0.2) is 29.2 Å². The van der Waals surface area contributed by atoms with Gasteiger partial charge in [0.25, 0.3) is 0 Å². The molecule has 6 nitrogen and oxygen atoms in total. The summed E-state index contributed by atoms with van der Waals surface area (Å²) in [7, 11) is 1.60. The van der Waals surface area contributed by atoms with Crippen LogP contribution in [0.4, 0.5) is 0 Å². The predicted octanol–water partition coefficient (Wildman–Crippen LogP) is 5.01. The summed E-state index contributed by atoms with van der Waals surface area (Å²) in [5, 5.41) is 1.89. The van der Waals surface area contributed by atoms with Crippen LogP contribution in [0.5, 0.6) is 5.75 Å². The number of rotatable bonds is 7. The van der Waals surface area contributed by atoms with Crippen LogP contribution >= 0.6 is 0 Å². The van der Waals surface area contributed by atoms with Gasteiger partial charge < -0.3 is 19.2 Å². The van der Waals surface area contributed by atoms with Crippen LogP contribution in [0.2, 0.25) is 0 Å². The van der Waals surface area contributed by atoms with Gasteiger partial charge in [-0.2, -0.15) is 0 Å². The Morgan fingerprint density at radius 3 is 2.60 bits per heavy atom. The topological polar surface area (TPSA) is 73.4 Å². The minimum absolute atomic E-state index is 0.224. The monoisotopic (exact) mass is 404 g/mol. The second kappa shape index (κ2) is 8.55. The lowest BCUT2D eigenvalue weighted by molar-refractivity contribution is 0.0366. The zero-order valence-electron chi connectivity index (χ0n) is 17.3. The SMILES string of the molecule is COCc1c(C(=O)OC(C)C)ncc2[nH]c3cc(OCc4ccccc4)ccc3c12. The Hall–Kier alpha value is -3.38. The molecular formula is C24H24N2O4. The molecule has 0 atom stereocenters. The molecule has 0 aliphatic rings. The maximum Gasteiger partial charge on any atom is 0.357 e. The minimum Gasteiger partial charge on any atom is -0.489 e. The standard InChI is InChI=1S/C24H24N2O4/c1-15(2)30-24(27)23-19(14-28-3)22-18-10-9-17(11-20(18)26-21(22)12-25-23)29-13-16-7-5-4-6-8-16/h4-12,15,26H,13-14H2,1-3H3. The largest absolute Gasteiger partial charge is 0.489 e. The molecule has 0 spiro atoms. The average molecular weight is 404 g/mol. The molecule has 2 heterocycles. The maximum atomic E-state index is 12.6. The molecule has 0 amide bonds. The first kappa shape index (κ1) is 19.9. The number of methoxy groups -OCH3 is 1. The quantitative estimate of drug-likeness (QED) is 0.439. The van der Waals surface area contributed by atoms with Crippen molar-refractivity contribution < 1.29 is 19.0 Å². The molecule has 0 bridgehead atoms. The fourth-order valence-corrected chi connectivity index (χ4v) is 3.51. The Bertz CT molecular complexity index is 1180. The third kappa shape index (κ3) is 4.00. The zero-order chi connectivity index (χ0) is 21.1. The maximum absolute atomic E-state index is 12.6. The second-order valence-corrected chi connectivity index (χ2v) is 7.37. The smallest absolute Gasteiger partial charge is 0.357 e. The molecule has 0 saturated heterocycles. The van der Waals surface area contributed by atoms with E-state index >= 15 is 0 Å². The van der Waals surface area contributed by atoms with E-state index in [4.69, 9.17) is 14.2 Å². The van der Waals surface area contributed by atoms with E-state index in [0.717, 1.165) is 33.1 Å². The Kier molecular flexibility index (Phi) is 5.68. The number of carbonyl (C=O) groups excluding carboxylic acids is 1. The number of hydrogen-bond acceptors (Lipinski definition) is 5. The van der Waals surface area contributed by atoms with Crippen molar-refractivity contribution in [2.75, 3.05) is 7.11 Å². The van der Waals surface area contributed by atoms with Crippen molar-refractivity contribution in [1.29, 1.82) is 0 Å². The van der Waals surface area contributed by atoms with E-state index in [2.05, 4.69) is 9.97 Å². The number of H-pyrrole nitrogens is 1. The van der Waals surface area contributed by atoms with Crippen molar-refractivity contribution >= 4 is 27.8 Å². The lowest BCUT2D eigenvalue weighted by Gasteiger charge is -2.12. The normalized spacial score (nSPS) is 11.3. The molecule has 0 radical (unpaired) electrons. The Morgan fingerprint density at radius 2 is 1.87 bits per heavy atom. The highest BCUT2D eigenvalue weighted by Crippen LogP contribution is 2.32. The van der Waals surface area contributed by atoms with Gasteiger partial charge in [0.2, 0.25) is 0 Å². The Morgan fingerprint density at radius 1 is 1.07 bits per heavy atom. The number of ether oxygens (including phenoxy) is 3. The van der Waals surface area contributed by atoms with Crippen LogP contribution in [0, 0.1) is 0 Å². The molecule has 0 fully saturated rings. The highest BCUT2D eigenvalue weighted by molar-refractivity contribution is 6.11. The first-order valence-electron chi connectivity index (χ1n) is 9.86. The van der Waals surface area contributed by atoms with Gasteiger partial charge in [-0.1, -0.05) is 30.3 Å². The van der Waals surface area contributed by atoms with Crippen molar-refractivity contribution in [3.8, 4) is 5.75 Å². The van der Waals surface area contributed by atoms with E-state index in [1.54, 1.807) is 13.3 Å². The van der Waals surface area contributed by atoms with Crippen LogP contribution in [0.1, 0.15) is 35.5 Å². The number of pyridine rings is 1. The molecule has 154 valence electrons. The van der Waals surface area contributed by atoms with Crippen LogP contribution in [0.25, 0.3) is 21.8 Å². The lowest BCUT2D eigenvalue weighted by Crippen LogP contribution is -2.15. The first-order valence-corrected chi connectivity index (χ1v) is 9.86. The van der Waals surface area contributed by atoms with E-state index in [1.165, 1.54) is 0 Å². The van der Waals surface area contributed by atoms with Crippen LogP contribution in [0.3, 0.4) is 0 Å². The van der Waals surface area contributed by atoms with Gasteiger partial charge in [-0.05, 0) is 31.5 Å². The summed E-state index contributed by atoms with van der Waals surface area (Å²) < 4.78 is 16.7. The average Bonchev–Trinajstić information content (AvgIpc) is 3.11. The number of fused-ring (bicyclic) bond motifs is 3. The van der Waals surface area contributed by atoms with Crippen molar-refractivity contribution in [3.05, 3.63) is 71.5 Å². The molecule has 0 unspecified atom stereocenters. The summed E-state index contributed by atoms with van der Waals surface area (Å²) in [5.74, 6) is 0.315. The highest BCUT2D eigenvalue weighted by Gasteiger charge is 2.21. The summed E-state index contributed by atoms with van der Waals surface area (Å²) in [6, 6.07) is 15.9. The van der Waals surface area contributed by atoms with E-state index in [-0.39, 0.29) is 18.4 Å². The first-order chi connectivity index (χ1) is 14.6. The Balaban J connectivity index is 1.73. The summed E-state index contributed by atoms with van der Waals surface area (Å²) in [5.41, 5.74) is 3.84. The fourth-order valence-electron chi connectivity index (χ4n) is 3.51. The number of aromatic amines is 1. The van der Waals surface area contributed by atoms with Crippen molar-refractivity contribution in [2.45, 2.75) is 33.2 Å². The molecular weight excluding hydrogens is 380 g/mol. The number of nitrogens with zero attached hydrogens (tertiary/aromatic N) is 1. The second-order valence-electron chi connectivity index (χ2n) is 7.37. The lowest BCUT2D eigenvalue weighted by atomic mass is 10.1. The molecule has 0 aliphatic carbocycles. The molecule has 4 aromatic rings. The number of aromatic nitrogens is 2. The molecule has 4 rings (SSSR count). The van der Waals surface area contributed by atoms with E-state index in [1.807, 2.05) is 62.4 Å².